The molecule has 1 nitrogen and oxygen atoms in total. The number of benzene rings is 1. The third-order valence-corrected chi connectivity index (χ3v) is 2.64. The molecule has 1 aromatic rings. The van der Waals surface area contributed by atoms with E-state index in [0.29, 0.717) is 13.0 Å². The Morgan fingerprint density at radius 2 is 1.53 bits per heavy atom. The summed E-state index contributed by atoms with van der Waals surface area (Å²) in [5.41, 5.74) is -1.72. The first-order valence-electron chi connectivity index (χ1n) is 4.59. The minimum atomic E-state index is -4.63. The molecule has 1 rings (SSSR count). The van der Waals surface area contributed by atoms with Crippen molar-refractivity contribution in [2.45, 2.75) is 23.9 Å². The van der Waals surface area contributed by atoms with Crippen molar-refractivity contribution < 1.29 is 22.0 Å². The molecule has 0 amide bonds. The molecule has 0 unspecified atom stereocenters. The molecular weight excluding hydrogens is 261 g/mol. The second-order valence-electron chi connectivity index (χ2n) is 3.44. The van der Waals surface area contributed by atoms with E-state index in [1.165, 1.54) is 7.05 Å². The molecule has 0 spiro atoms. The standard InChI is InChI=1S/C10H10F5NS/c1-9(11,12)6-3-7(10(13,14)15)5-8(4-6)17-16-2/h3-5,16H,1-2H3. The summed E-state index contributed by atoms with van der Waals surface area (Å²) in [4.78, 5) is 0.0962. The van der Waals surface area contributed by atoms with Crippen LogP contribution in [0.25, 0.3) is 0 Å². The van der Waals surface area contributed by atoms with Gasteiger partial charge in [-0.1, -0.05) is 0 Å². The van der Waals surface area contributed by atoms with Crippen LogP contribution in [0.4, 0.5) is 22.0 Å². The van der Waals surface area contributed by atoms with Crippen molar-refractivity contribution >= 4 is 11.9 Å². The van der Waals surface area contributed by atoms with Crippen LogP contribution in [0.5, 0.6) is 0 Å². The van der Waals surface area contributed by atoms with Crippen molar-refractivity contribution in [2.75, 3.05) is 7.05 Å². The van der Waals surface area contributed by atoms with Gasteiger partial charge >= 0.3 is 6.18 Å². The molecule has 1 aromatic carbocycles. The second-order valence-corrected chi connectivity index (χ2v) is 4.52. The SMILES string of the molecule is CNSc1cc(C(C)(F)F)cc(C(F)(F)F)c1. The van der Waals surface area contributed by atoms with E-state index in [1.807, 2.05) is 0 Å². The van der Waals surface area contributed by atoms with E-state index >= 15 is 0 Å². The van der Waals surface area contributed by atoms with Gasteiger partial charge in [0.25, 0.3) is 5.92 Å². The Bertz CT molecular complexity index is 364. The van der Waals surface area contributed by atoms with Crippen LogP contribution in [0.3, 0.4) is 0 Å². The fourth-order valence-corrected chi connectivity index (χ4v) is 1.80. The molecule has 1 N–H and O–H groups in total. The summed E-state index contributed by atoms with van der Waals surface area (Å²) < 4.78 is 66.1. The molecule has 96 valence electrons. The molecule has 0 aliphatic rings. The smallest absolute Gasteiger partial charge is 0.263 e. The van der Waals surface area contributed by atoms with Crippen LogP contribution in [0.15, 0.2) is 23.1 Å². The van der Waals surface area contributed by atoms with E-state index in [2.05, 4.69) is 4.72 Å². The van der Waals surface area contributed by atoms with Crippen molar-refractivity contribution in [3.05, 3.63) is 29.3 Å². The summed E-state index contributed by atoms with van der Waals surface area (Å²) in [6.45, 7) is 0.566. The summed E-state index contributed by atoms with van der Waals surface area (Å²) in [5, 5.41) is 0. The molecule has 17 heavy (non-hydrogen) atoms. The quantitative estimate of drug-likeness (QED) is 0.657. The van der Waals surface area contributed by atoms with E-state index < -0.39 is 23.2 Å². The molecule has 0 aliphatic carbocycles. The summed E-state index contributed by atoms with van der Waals surface area (Å²) in [5.74, 6) is -3.30. The number of alkyl halides is 5. The number of hydrogen-bond acceptors (Lipinski definition) is 2. The Labute approximate surface area is 99.5 Å². The number of halogens is 5. The molecule has 0 saturated carbocycles. The van der Waals surface area contributed by atoms with Crippen molar-refractivity contribution in [2.24, 2.45) is 0 Å². The Kier molecular flexibility index (Phi) is 4.03. The van der Waals surface area contributed by atoms with E-state index in [0.717, 1.165) is 24.1 Å². The molecule has 0 atom stereocenters. The lowest BCUT2D eigenvalue weighted by Crippen LogP contribution is -2.12. The van der Waals surface area contributed by atoms with Gasteiger partial charge in [-0.2, -0.15) is 13.2 Å². The zero-order valence-corrected chi connectivity index (χ0v) is 9.85. The van der Waals surface area contributed by atoms with Crippen LogP contribution < -0.4 is 4.72 Å². The average Bonchev–Trinajstić information content (AvgIpc) is 2.15. The van der Waals surface area contributed by atoms with Crippen LogP contribution >= 0.6 is 11.9 Å². The molecule has 0 bridgehead atoms. The van der Waals surface area contributed by atoms with Gasteiger partial charge in [-0.25, -0.2) is 8.78 Å². The lowest BCUT2D eigenvalue weighted by Gasteiger charge is -2.15. The van der Waals surface area contributed by atoms with Gasteiger partial charge in [0.2, 0.25) is 0 Å². The van der Waals surface area contributed by atoms with Crippen molar-refractivity contribution in [3.8, 4) is 0 Å². The predicted molar refractivity (Wildman–Crippen MR) is 55.9 cm³/mol. The van der Waals surface area contributed by atoms with Crippen molar-refractivity contribution in [3.63, 3.8) is 0 Å². The van der Waals surface area contributed by atoms with Gasteiger partial charge in [0.1, 0.15) is 0 Å². The van der Waals surface area contributed by atoms with Gasteiger partial charge in [0.15, 0.2) is 0 Å². The highest BCUT2D eigenvalue weighted by atomic mass is 32.2. The monoisotopic (exact) mass is 271 g/mol. The first-order valence-corrected chi connectivity index (χ1v) is 5.40. The molecule has 0 fully saturated rings. The lowest BCUT2D eigenvalue weighted by molar-refractivity contribution is -0.138. The van der Waals surface area contributed by atoms with Gasteiger partial charge in [0.05, 0.1) is 5.56 Å². The van der Waals surface area contributed by atoms with Crippen LogP contribution in [0.1, 0.15) is 18.1 Å². The lowest BCUT2D eigenvalue weighted by atomic mass is 10.1. The normalized spacial score (nSPS) is 12.9. The van der Waals surface area contributed by atoms with Crippen LogP contribution in [-0.2, 0) is 12.1 Å². The van der Waals surface area contributed by atoms with E-state index in [4.69, 9.17) is 0 Å². The highest BCUT2D eigenvalue weighted by molar-refractivity contribution is 7.97. The summed E-state index contributed by atoms with van der Waals surface area (Å²) in [6.07, 6.45) is -4.63. The number of rotatable bonds is 3. The number of hydrogen-bond donors (Lipinski definition) is 1. The van der Waals surface area contributed by atoms with Gasteiger partial charge in [0, 0.05) is 17.4 Å². The van der Waals surface area contributed by atoms with Crippen molar-refractivity contribution in [1.82, 2.24) is 4.72 Å². The molecule has 7 heteroatoms. The van der Waals surface area contributed by atoms with Gasteiger partial charge in [-0.05, 0) is 37.2 Å². The molecule has 0 radical (unpaired) electrons. The largest absolute Gasteiger partial charge is 0.416 e. The maximum absolute atomic E-state index is 13.0. The van der Waals surface area contributed by atoms with Gasteiger partial charge in [-0.15, -0.1) is 0 Å². The molecule has 0 saturated heterocycles. The van der Waals surface area contributed by atoms with E-state index in [1.54, 1.807) is 0 Å². The minimum absolute atomic E-state index is 0.0962. The predicted octanol–water partition coefficient (Wildman–Crippen LogP) is 4.04. The van der Waals surface area contributed by atoms with Crippen LogP contribution in [0.2, 0.25) is 0 Å². The Hall–Kier alpha value is -0.820. The summed E-state index contributed by atoms with van der Waals surface area (Å²) in [7, 11) is 1.49. The third kappa shape index (κ3) is 3.85. The topological polar surface area (TPSA) is 12.0 Å². The summed E-state index contributed by atoms with van der Waals surface area (Å²) in [6, 6.07) is 2.34. The molecule has 0 aromatic heterocycles. The van der Waals surface area contributed by atoms with Gasteiger partial charge < -0.3 is 0 Å². The minimum Gasteiger partial charge on any atom is -0.263 e. The first-order chi connectivity index (χ1) is 7.64. The fourth-order valence-electron chi connectivity index (χ4n) is 1.19. The van der Waals surface area contributed by atoms with Crippen LogP contribution in [0, 0.1) is 0 Å². The molecule has 0 heterocycles. The number of nitrogens with one attached hydrogen (secondary N) is 1. The summed E-state index contributed by atoms with van der Waals surface area (Å²) >= 11 is 0.852. The molecular formula is C10H10F5NS. The van der Waals surface area contributed by atoms with Crippen molar-refractivity contribution in [1.29, 1.82) is 0 Å². The maximum Gasteiger partial charge on any atom is 0.416 e. The Balaban J connectivity index is 3.29. The zero-order chi connectivity index (χ0) is 13.3. The zero-order valence-electron chi connectivity index (χ0n) is 9.03. The first kappa shape index (κ1) is 14.2. The highest BCUT2D eigenvalue weighted by Crippen LogP contribution is 2.36. The van der Waals surface area contributed by atoms with Gasteiger partial charge in [-0.3, -0.25) is 4.72 Å². The Morgan fingerprint density at radius 1 is 1.00 bits per heavy atom. The average molecular weight is 271 g/mol. The van der Waals surface area contributed by atoms with E-state index in [-0.39, 0.29) is 4.90 Å². The maximum atomic E-state index is 13.0. The fraction of sp³-hybridized carbons (Fsp3) is 0.400. The molecule has 0 aliphatic heterocycles. The Morgan fingerprint density at radius 3 is 1.94 bits per heavy atom. The third-order valence-electron chi connectivity index (χ3n) is 1.96. The van der Waals surface area contributed by atoms with E-state index in [9.17, 15) is 22.0 Å². The van der Waals surface area contributed by atoms with Crippen LogP contribution in [-0.4, -0.2) is 7.05 Å². The second kappa shape index (κ2) is 4.81. The highest BCUT2D eigenvalue weighted by Gasteiger charge is 2.34.